The summed E-state index contributed by atoms with van der Waals surface area (Å²) in [5.74, 6) is -5.80. The van der Waals surface area contributed by atoms with Crippen molar-refractivity contribution in [3.05, 3.63) is 118 Å². The summed E-state index contributed by atoms with van der Waals surface area (Å²) in [7, 11) is 0. The van der Waals surface area contributed by atoms with E-state index in [0.29, 0.717) is 17.0 Å². The quantitative estimate of drug-likeness (QED) is 0.169. The average Bonchev–Trinajstić information content (AvgIpc) is 2.93. The van der Waals surface area contributed by atoms with Gasteiger partial charge in [0.1, 0.15) is 5.82 Å². The van der Waals surface area contributed by atoms with Crippen molar-refractivity contribution in [3.63, 3.8) is 0 Å². The van der Waals surface area contributed by atoms with Crippen molar-refractivity contribution in [2.24, 2.45) is 5.92 Å². The molecule has 0 atom stereocenters. The van der Waals surface area contributed by atoms with Crippen LogP contribution in [0.5, 0.6) is 0 Å². The lowest BCUT2D eigenvalue weighted by atomic mass is 9.79. The van der Waals surface area contributed by atoms with Crippen LogP contribution in [0.3, 0.4) is 0 Å². The fourth-order valence-electron chi connectivity index (χ4n) is 5.47. The Morgan fingerprint density at radius 3 is 1.85 bits per heavy atom. The molecular formula is C33H28F6. The highest BCUT2D eigenvalue weighted by Gasteiger charge is 2.21. The molecule has 4 aromatic rings. The second-order valence-corrected chi connectivity index (χ2v) is 10.5. The molecule has 0 spiro atoms. The van der Waals surface area contributed by atoms with E-state index in [9.17, 15) is 22.0 Å². The molecule has 0 saturated heterocycles. The molecule has 0 unspecified atom stereocenters. The maximum absolute atomic E-state index is 15.0. The Kier molecular flexibility index (Phi) is 7.83. The highest BCUT2D eigenvalue weighted by atomic mass is 19.2. The largest absolute Gasteiger partial charge is 0.206 e. The molecular weight excluding hydrogens is 510 g/mol. The SMILES string of the molecule is CC1CCC(c2ccc(-c3ccc(CCc4ccc(-c5cc(F)c(F)c(F)c5)c(F)c4)c(F)c3F)cc2)CC1. The Morgan fingerprint density at radius 2 is 1.21 bits per heavy atom. The summed E-state index contributed by atoms with van der Waals surface area (Å²) < 4.78 is 85.1. The van der Waals surface area contributed by atoms with Crippen LogP contribution in [0.1, 0.15) is 55.2 Å². The maximum Gasteiger partial charge on any atom is 0.194 e. The first-order valence-electron chi connectivity index (χ1n) is 13.2. The van der Waals surface area contributed by atoms with E-state index < -0.39 is 34.9 Å². The van der Waals surface area contributed by atoms with E-state index in [1.165, 1.54) is 36.6 Å². The van der Waals surface area contributed by atoms with Crippen molar-refractivity contribution in [3.8, 4) is 22.3 Å². The Bertz CT molecular complexity index is 1460. The summed E-state index contributed by atoms with van der Waals surface area (Å²) in [6.45, 7) is 2.27. The van der Waals surface area contributed by atoms with Crippen molar-refractivity contribution >= 4 is 0 Å². The van der Waals surface area contributed by atoms with Crippen LogP contribution < -0.4 is 0 Å². The normalized spacial score (nSPS) is 17.4. The van der Waals surface area contributed by atoms with E-state index >= 15 is 4.39 Å². The molecule has 0 bridgehead atoms. The van der Waals surface area contributed by atoms with Gasteiger partial charge in [-0.1, -0.05) is 68.3 Å². The predicted octanol–water partition coefficient (Wildman–Crippen LogP) is 9.93. The molecule has 202 valence electrons. The standard InChI is InChI=1S/C33H28F6/c1-19-2-6-21(7-3-19)22-9-11-23(12-10-22)27-15-13-24(31(37)32(27)38)8-4-20-5-14-26(28(34)16-20)25-17-29(35)33(39)30(36)18-25/h5,9-19,21H,2-4,6-8H2,1H3. The Balaban J connectivity index is 1.28. The molecule has 0 heterocycles. The summed E-state index contributed by atoms with van der Waals surface area (Å²) in [5, 5.41) is 0. The number of rotatable bonds is 6. The maximum atomic E-state index is 15.0. The van der Waals surface area contributed by atoms with Gasteiger partial charge in [0.05, 0.1) is 0 Å². The van der Waals surface area contributed by atoms with Crippen LogP contribution in [0.15, 0.2) is 66.7 Å². The molecule has 0 N–H and O–H groups in total. The van der Waals surface area contributed by atoms with Crippen LogP contribution in [0.25, 0.3) is 22.3 Å². The van der Waals surface area contributed by atoms with E-state index in [2.05, 4.69) is 6.92 Å². The zero-order valence-corrected chi connectivity index (χ0v) is 21.5. The molecule has 1 aliphatic carbocycles. The van der Waals surface area contributed by atoms with Crippen LogP contribution in [0.2, 0.25) is 0 Å². The van der Waals surface area contributed by atoms with Gasteiger partial charge in [-0.15, -0.1) is 0 Å². The zero-order chi connectivity index (χ0) is 27.7. The highest BCUT2D eigenvalue weighted by Crippen LogP contribution is 2.37. The van der Waals surface area contributed by atoms with E-state index in [1.54, 1.807) is 12.1 Å². The molecule has 4 aromatic carbocycles. The van der Waals surface area contributed by atoms with Gasteiger partial charge >= 0.3 is 0 Å². The first-order valence-corrected chi connectivity index (χ1v) is 13.2. The van der Waals surface area contributed by atoms with E-state index in [-0.39, 0.29) is 35.1 Å². The van der Waals surface area contributed by atoms with E-state index in [1.807, 2.05) is 24.3 Å². The van der Waals surface area contributed by atoms with Crippen molar-refractivity contribution in [2.45, 2.75) is 51.4 Å². The van der Waals surface area contributed by atoms with Gasteiger partial charge in [-0.2, -0.15) is 0 Å². The second-order valence-electron chi connectivity index (χ2n) is 10.5. The third-order valence-electron chi connectivity index (χ3n) is 7.88. The molecule has 1 aliphatic rings. The molecule has 6 heteroatoms. The Labute approximate surface area is 224 Å². The third-order valence-corrected chi connectivity index (χ3v) is 7.88. The fourth-order valence-corrected chi connectivity index (χ4v) is 5.47. The van der Waals surface area contributed by atoms with Gasteiger partial charge in [0.2, 0.25) is 0 Å². The molecule has 1 saturated carbocycles. The van der Waals surface area contributed by atoms with Crippen LogP contribution >= 0.6 is 0 Å². The molecule has 0 amide bonds. The van der Waals surface area contributed by atoms with Gasteiger partial charge in [0.15, 0.2) is 29.1 Å². The topological polar surface area (TPSA) is 0 Å². The van der Waals surface area contributed by atoms with Crippen molar-refractivity contribution < 1.29 is 26.3 Å². The molecule has 0 aromatic heterocycles. The van der Waals surface area contributed by atoms with Crippen molar-refractivity contribution in [1.82, 2.24) is 0 Å². The highest BCUT2D eigenvalue weighted by molar-refractivity contribution is 5.66. The molecule has 0 aliphatic heterocycles. The minimum Gasteiger partial charge on any atom is -0.206 e. The van der Waals surface area contributed by atoms with Gasteiger partial charge < -0.3 is 0 Å². The van der Waals surface area contributed by atoms with Gasteiger partial charge in [0.25, 0.3) is 0 Å². The first-order chi connectivity index (χ1) is 18.7. The minimum atomic E-state index is -1.62. The van der Waals surface area contributed by atoms with E-state index in [0.717, 1.165) is 30.9 Å². The number of hydrogen-bond acceptors (Lipinski definition) is 0. The third kappa shape index (κ3) is 5.75. The zero-order valence-electron chi connectivity index (χ0n) is 21.5. The van der Waals surface area contributed by atoms with E-state index in [4.69, 9.17) is 0 Å². The lowest BCUT2D eigenvalue weighted by molar-refractivity contribution is 0.348. The minimum absolute atomic E-state index is 0.0952. The molecule has 0 radical (unpaired) electrons. The van der Waals surface area contributed by atoms with Gasteiger partial charge in [-0.3, -0.25) is 0 Å². The summed E-state index contributed by atoms with van der Waals surface area (Å²) in [6.07, 6.45) is 5.05. The number of aryl methyl sites for hydroxylation is 2. The smallest absolute Gasteiger partial charge is 0.194 e. The summed E-state index contributed by atoms with van der Waals surface area (Å²) in [5.41, 5.74) is 2.46. The first kappa shape index (κ1) is 27.0. The van der Waals surface area contributed by atoms with Crippen LogP contribution in [0, 0.1) is 40.8 Å². The van der Waals surface area contributed by atoms with Crippen LogP contribution in [-0.2, 0) is 12.8 Å². The molecule has 39 heavy (non-hydrogen) atoms. The predicted molar refractivity (Wildman–Crippen MR) is 141 cm³/mol. The van der Waals surface area contributed by atoms with Crippen molar-refractivity contribution in [2.75, 3.05) is 0 Å². The summed E-state index contributed by atoms with van der Waals surface area (Å²) >= 11 is 0. The summed E-state index contributed by atoms with van der Waals surface area (Å²) in [4.78, 5) is 0. The number of benzene rings is 4. The van der Waals surface area contributed by atoms with Crippen molar-refractivity contribution in [1.29, 1.82) is 0 Å². The lowest BCUT2D eigenvalue weighted by Crippen LogP contribution is -2.10. The molecule has 0 nitrogen and oxygen atoms in total. The molecule has 1 fully saturated rings. The second kappa shape index (κ2) is 11.3. The van der Waals surface area contributed by atoms with Gasteiger partial charge in [-0.25, -0.2) is 26.3 Å². The fraction of sp³-hybridized carbons (Fsp3) is 0.273. The average molecular weight is 539 g/mol. The van der Waals surface area contributed by atoms with Gasteiger partial charge in [0, 0.05) is 11.1 Å². The number of hydrogen-bond donors (Lipinski definition) is 0. The molecule has 5 rings (SSSR count). The van der Waals surface area contributed by atoms with Crippen LogP contribution in [0.4, 0.5) is 26.3 Å². The number of halogens is 6. The monoisotopic (exact) mass is 538 g/mol. The summed E-state index contributed by atoms with van der Waals surface area (Å²) in [6, 6.07) is 16.3. The van der Waals surface area contributed by atoms with Crippen LogP contribution in [-0.4, -0.2) is 0 Å². The Morgan fingerprint density at radius 1 is 0.564 bits per heavy atom. The Hall–Kier alpha value is -3.54. The lowest BCUT2D eigenvalue weighted by Gasteiger charge is -2.26. The van der Waals surface area contributed by atoms with Gasteiger partial charge in [-0.05, 0) is 83.5 Å².